The Morgan fingerprint density at radius 2 is 1.65 bits per heavy atom. The molecule has 0 amide bonds. The zero-order valence-corrected chi connectivity index (χ0v) is 14.7. The number of alkyl halides is 6. The molecular weight excluding hydrogens is 358 g/mol. The van der Waals surface area contributed by atoms with Crippen LogP contribution in [0.15, 0.2) is 18.2 Å². The average Bonchev–Trinajstić information content (AvgIpc) is 2.57. The number of halogens is 6. The molecule has 1 heterocycles. The highest BCUT2D eigenvalue weighted by Crippen LogP contribution is 2.41. The second-order valence-electron chi connectivity index (χ2n) is 6.60. The molecule has 1 saturated heterocycles. The van der Waals surface area contributed by atoms with Crippen molar-refractivity contribution in [3.8, 4) is 0 Å². The molecule has 1 aliphatic heterocycles. The highest BCUT2D eigenvalue weighted by molar-refractivity contribution is 5.37. The molecule has 0 unspecified atom stereocenters. The van der Waals surface area contributed by atoms with Crippen LogP contribution in [0.25, 0.3) is 0 Å². The summed E-state index contributed by atoms with van der Waals surface area (Å²) < 4.78 is 79.8. The topological polar surface area (TPSA) is 15.3 Å². The van der Waals surface area contributed by atoms with Crippen LogP contribution in [0.5, 0.6) is 0 Å². The first kappa shape index (κ1) is 21.0. The molecule has 0 aliphatic carbocycles. The van der Waals surface area contributed by atoms with Crippen LogP contribution in [0.3, 0.4) is 0 Å². The minimum absolute atomic E-state index is 0.259. The summed E-state index contributed by atoms with van der Waals surface area (Å²) >= 11 is 0. The molecule has 26 heavy (non-hydrogen) atoms. The molecule has 0 saturated carbocycles. The predicted octanol–water partition coefficient (Wildman–Crippen LogP) is 5.25. The molecule has 1 aromatic carbocycles. The Kier molecular flexibility index (Phi) is 6.96. The number of unbranched alkanes of at least 4 members (excludes halogenated alkanes) is 2. The van der Waals surface area contributed by atoms with Gasteiger partial charge in [0.2, 0.25) is 0 Å². The van der Waals surface area contributed by atoms with Gasteiger partial charge in [0, 0.05) is 32.2 Å². The molecule has 0 radical (unpaired) electrons. The fraction of sp³-hybridized carbons (Fsp3) is 0.667. The lowest BCUT2D eigenvalue weighted by Gasteiger charge is -2.36. The van der Waals surface area contributed by atoms with Crippen molar-refractivity contribution in [3.63, 3.8) is 0 Å². The Labute approximate surface area is 149 Å². The van der Waals surface area contributed by atoms with E-state index in [1.54, 1.807) is 0 Å². The summed E-state index contributed by atoms with van der Waals surface area (Å²) in [4.78, 5) is 1.87. The quantitative estimate of drug-likeness (QED) is 0.534. The first-order valence-corrected chi connectivity index (χ1v) is 8.87. The lowest BCUT2D eigenvalue weighted by molar-refractivity contribution is -0.142. The van der Waals surface area contributed by atoms with Gasteiger partial charge in [0.25, 0.3) is 0 Å². The van der Waals surface area contributed by atoms with Gasteiger partial charge in [-0.25, -0.2) is 0 Å². The van der Waals surface area contributed by atoms with Crippen molar-refractivity contribution in [2.45, 2.75) is 51.0 Å². The third-order valence-corrected chi connectivity index (χ3v) is 4.72. The Balaban J connectivity index is 2.47. The summed E-state index contributed by atoms with van der Waals surface area (Å²) in [7, 11) is 0. The summed E-state index contributed by atoms with van der Waals surface area (Å²) in [5.74, 6) is 0. The van der Waals surface area contributed by atoms with Crippen molar-refractivity contribution in [1.82, 2.24) is 10.2 Å². The maximum Gasteiger partial charge on any atom is 0.416 e. The van der Waals surface area contributed by atoms with Gasteiger partial charge in [0.15, 0.2) is 0 Å². The zero-order valence-electron chi connectivity index (χ0n) is 14.7. The molecule has 1 aromatic rings. The summed E-state index contributed by atoms with van der Waals surface area (Å²) in [6, 6.07) is 1.13. The van der Waals surface area contributed by atoms with Gasteiger partial charge in [-0.15, -0.1) is 0 Å². The van der Waals surface area contributed by atoms with Crippen LogP contribution in [0.4, 0.5) is 26.3 Å². The van der Waals surface area contributed by atoms with Crippen LogP contribution >= 0.6 is 0 Å². The number of rotatable bonds is 6. The van der Waals surface area contributed by atoms with Gasteiger partial charge in [0.1, 0.15) is 0 Å². The van der Waals surface area contributed by atoms with Crippen LogP contribution in [0.1, 0.15) is 55.3 Å². The van der Waals surface area contributed by atoms with E-state index in [0.717, 1.165) is 12.8 Å². The molecule has 0 spiro atoms. The van der Waals surface area contributed by atoms with Crippen molar-refractivity contribution in [2.75, 3.05) is 26.2 Å². The second-order valence-corrected chi connectivity index (χ2v) is 6.60. The van der Waals surface area contributed by atoms with Crippen LogP contribution in [0, 0.1) is 0 Å². The van der Waals surface area contributed by atoms with Crippen LogP contribution in [-0.2, 0) is 12.4 Å². The van der Waals surface area contributed by atoms with E-state index in [1.165, 1.54) is 0 Å². The van der Waals surface area contributed by atoms with Crippen molar-refractivity contribution in [3.05, 3.63) is 34.9 Å². The molecule has 2 rings (SSSR count). The van der Waals surface area contributed by atoms with E-state index < -0.39 is 29.5 Å². The van der Waals surface area contributed by atoms with E-state index in [9.17, 15) is 26.3 Å². The smallest absolute Gasteiger partial charge is 0.314 e. The number of piperazine rings is 1. The van der Waals surface area contributed by atoms with E-state index >= 15 is 0 Å². The summed E-state index contributed by atoms with van der Waals surface area (Å²) in [6.45, 7) is 4.25. The van der Waals surface area contributed by atoms with E-state index in [4.69, 9.17) is 0 Å². The maximum absolute atomic E-state index is 13.5. The lowest BCUT2D eigenvalue weighted by Crippen LogP contribution is -2.45. The van der Waals surface area contributed by atoms with Crippen molar-refractivity contribution >= 4 is 0 Å². The van der Waals surface area contributed by atoms with Crippen molar-refractivity contribution in [1.29, 1.82) is 0 Å². The number of nitrogens with one attached hydrogen (secondary N) is 1. The average molecular weight is 382 g/mol. The van der Waals surface area contributed by atoms with Crippen molar-refractivity contribution in [2.24, 2.45) is 0 Å². The highest BCUT2D eigenvalue weighted by Gasteiger charge is 2.39. The molecule has 1 atom stereocenters. The van der Waals surface area contributed by atoms with E-state index in [2.05, 4.69) is 5.32 Å². The minimum Gasteiger partial charge on any atom is -0.314 e. The standard InChI is InChI=1S/C18H24F6N2/c1-2-3-4-5-16(26-10-8-25-9-11-26)14-12-13(17(19,20)21)6-7-15(14)18(22,23)24/h6-7,12,16,25H,2-5,8-11H2,1H3/t16-/m1/s1. The summed E-state index contributed by atoms with van der Waals surface area (Å²) in [5, 5.41) is 3.12. The zero-order chi connectivity index (χ0) is 19.4. The Hall–Kier alpha value is -1.28. The molecule has 0 aromatic heterocycles. The molecule has 2 nitrogen and oxygen atoms in total. The largest absolute Gasteiger partial charge is 0.416 e. The van der Waals surface area contributed by atoms with E-state index in [0.29, 0.717) is 57.2 Å². The fourth-order valence-corrected chi connectivity index (χ4v) is 3.39. The first-order valence-electron chi connectivity index (χ1n) is 8.87. The molecule has 1 aliphatic rings. The molecule has 0 bridgehead atoms. The Morgan fingerprint density at radius 1 is 1.00 bits per heavy atom. The maximum atomic E-state index is 13.5. The van der Waals surface area contributed by atoms with Gasteiger partial charge in [-0.3, -0.25) is 4.90 Å². The molecular formula is C18H24F6N2. The van der Waals surface area contributed by atoms with Gasteiger partial charge in [-0.2, -0.15) is 26.3 Å². The number of nitrogens with zero attached hydrogens (tertiary/aromatic N) is 1. The van der Waals surface area contributed by atoms with Crippen LogP contribution in [0.2, 0.25) is 0 Å². The Morgan fingerprint density at radius 3 is 2.19 bits per heavy atom. The second kappa shape index (κ2) is 8.61. The van der Waals surface area contributed by atoms with Gasteiger partial charge >= 0.3 is 12.4 Å². The predicted molar refractivity (Wildman–Crippen MR) is 87.8 cm³/mol. The lowest BCUT2D eigenvalue weighted by atomic mass is 9.92. The Bertz CT molecular complexity index is 576. The molecule has 148 valence electrons. The SMILES string of the molecule is CCCCC[C@H](c1cc(C(F)(F)F)ccc1C(F)(F)F)N1CCNCC1. The molecule has 1 N–H and O–H groups in total. The van der Waals surface area contributed by atoms with Crippen LogP contribution < -0.4 is 5.32 Å². The van der Waals surface area contributed by atoms with E-state index in [1.807, 2.05) is 11.8 Å². The van der Waals surface area contributed by atoms with E-state index in [-0.39, 0.29) is 5.56 Å². The van der Waals surface area contributed by atoms with Gasteiger partial charge in [-0.05, 0) is 30.2 Å². The normalized spacial score (nSPS) is 18.1. The monoisotopic (exact) mass is 382 g/mol. The first-order chi connectivity index (χ1) is 12.1. The highest BCUT2D eigenvalue weighted by atomic mass is 19.4. The third kappa shape index (κ3) is 5.36. The van der Waals surface area contributed by atoms with Gasteiger partial charge < -0.3 is 5.32 Å². The molecule has 8 heteroatoms. The molecule has 1 fully saturated rings. The van der Waals surface area contributed by atoms with Gasteiger partial charge in [0.05, 0.1) is 11.1 Å². The minimum atomic E-state index is -4.68. The van der Waals surface area contributed by atoms with Gasteiger partial charge in [-0.1, -0.05) is 26.2 Å². The fourth-order valence-electron chi connectivity index (χ4n) is 3.39. The third-order valence-electron chi connectivity index (χ3n) is 4.72. The number of hydrogen-bond donors (Lipinski definition) is 1. The van der Waals surface area contributed by atoms with Crippen LogP contribution in [-0.4, -0.2) is 31.1 Å². The summed E-state index contributed by atoms with van der Waals surface area (Å²) in [5.41, 5.74) is -2.26. The number of benzene rings is 1. The summed E-state index contributed by atoms with van der Waals surface area (Å²) in [6.07, 6.45) is -6.53. The number of hydrogen-bond acceptors (Lipinski definition) is 2. The van der Waals surface area contributed by atoms with Crippen molar-refractivity contribution < 1.29 is 26.3 Å².